The first-order valence-electron chi connectivity index (χ1n) is 6.42. The standard InChI is InChI=1S/C15H14BrClO2S/c1-8-4-13(20-15(8)16)12(18)7-10-6-11(17)5-9-2-3-19-14(9)10/h4-6,12,18H,2-3,7H2,1H3. The Kier molecular flexibility index (Phi) is 4.09. The van der Waals surface area contributed by atoms with Crippen molar-refractivity contribution in [3.8, 4) is 5.75 Å². The SMILES string of the molecule is Cc1cc(C(O)Cc2cc(Cl)cc3c2OCC3)sc1Br. The maximum Gasteiger partial charge on any atom is 0.126 e. The molecule has 2 nitrogen and oxygen atoms in total. The molecule has 1 aliphatic rings. The van der Waals surface area contributed by atoms with Crippen molar-refractivity contribution >= 4 is 38.9 Å². The lowest BCUT2D eigenvalue weighted by atomic mass is 10.0. The van der Waals surface area contributed by atoms with Crippen molar-refractivity contribution < 1.29 is 9.84 Å². The molecule has 1 aromatic carbocycles. The molecule has 5 heteroatoms. The summed E-state index contributed by atoms with van der Waals surface area (Å²) in [5, 5.41) is 11.1. The number of hydrogen-bond acceptors (Lipinski definition) is 3. The van der Waals surface area contributed by atoms with Crippen molar-refractivity contribution in [2.45, 2.75) is 25.9 Å². The first-order chi connectivity index (χ1) is 9.54. The van der Waals surface area contributed by atoms with Gasteiger partial charge in [-0.15, -0.1) is 11.3 Å². The summed E-state index contributed by atoms with van der Waals surface area (Å²) in [7, 11) is 0. The minimum absolute atomic E-state index is 0.523. The lowest BCUT2D eigenvalue weighted by molar-refractivity contribution is 0.181. The quantitative estimate of drug-likeness (QED) is 0.846. The number of halogens is 2. The maximum absolute atomic E-state index is 10.4. The highest BCUT2D eigenvalue weighted by Gasteiger charge is 2.21. The van der Waals surface area contributed by atoms with Crippen molar-refractivity contribution in [1.82, 2.24) is 0 Å². The molecule has 0 spiro atoms. The fourth-order valence-electron chi connectivity index (χ4n) is 2.45. The van der Waals surface area contributed by atoms with Gasteiger partial charge in [0.05, 0.1) is 16.5 Å². The summed E-state index contributed by atoms with van der Waals surface area (Å²) >= 11 is 11.2. The van der Waals surface area contributed by atoms with E-state index in [1.54, 1.807) is 11.3 Å². The minimum atomic E-state index is -0.531. The van der Waals surface area contributed by atoms with Crippen LogP contribution in [0.3, 0.4) is 0 Å². The molecule has 0 fully saturated rings. The molecule has 0 saturated carbocycles. The lowest BCUT2D eigenvalue weighted by Gasteiger charge is -2.12. The summed E-state index contributed by atoms with van der Waals surface area (Å²) in [6.07, 6.45) is 0.884. The van der Waals surface area contributed by atoms with E-state index in [4.69, 9.17) is 16.3 Å². The van der Waals surface area contributed by atoms with Crippen molar-refractivity contribution in [3.63, 3.8) is 0 Å². The zero-order chi connectivity index (χ0) is 14.3. The minimum Gasteiger partial charge on any atom is -0.493 e. The van der Waals surface area contributed by atoms with Crippen LogP contribution in [0.15, 0.2) is 22.0 Å². The average molecular weight is 374 g/mol. The van der Waals surface area contributed by atoms with E-state index in [1.165, 1.54) is 0 Å². The third-order valence-electron chi connectivity index (χ3n) is 3.44. The van der Waals surface area contributed by atoms with Crippen molar-refractivity contribution in [2.75, 3.05) is 6.61 Å². The highest BCUT2D eigenvalue weighted by atomic mass is 79.9. The third kappa shape index (κ3) is 2.75. The smallest absolute Gasteiger partial charge is 0.126 e. The van der Waals surface area contributed by atoms with Crippen LogP contribution in [0.4, 0.5) is 0 Å². The molecule has 1 aliphatic heterocycles. The van der Waals surface area contributed by atoms with Gasteiger partial charge >= 0.3 is 0 Å². The molecule has 0 amide bonds. The number of ether oxygens (including phenoxy) is 1. The fourth-order valence-corrected chi connectivity index (χ4v) is 4.27. The van der Waals surface area contributed by atoms with E-state index in [9.17, 15) is 5.11 Å². The van der Waals surface area contributed by atoms with E-state index in [1.807, 2.05) is 25.1 Å². The van der Waals surface area contributed by atoms with Crippen LogP contribution >= 0.6 is 38.9 Å². The number of aryl methyl sites for hydroxylation is 1. The van der Waals surface area contributed by atoms with Gasteiger partial charge in [-0.3, -0.25) is 0 Å². The number of hydrogen-bond donors (Lipinski definition) is 1. The monoisotopic (exact) mass is 372 g/mol. The van der Waals surface area contributed by atoms with E-state index >= 15 is 0 Å². The van der Waals surface area contributed by atoms with Crippen LogP contribution in [0.2, 0.25) is 5.02 Å². The van der Waals surface area contributed by atoms with Crippen LogP contribution < -0.4 is 4.74 Å². The summed E-state index contributed by atoms with van der Waals surface area (Å²) in [5.74, 6) is 0.904. The summed E-state index contributed by atoms with van der Waals surface area (Å²) in [5.41, 5.74) is 3.28. The Hall–Kier alpha value is -0.550. The van der Waals surface area contributed by atoms with Crippen molar-refractivity contribution in [2.24, 2.45) is 0 Å². The van der Waals surface area contributed by atoms with E-state index < -0.39 is 6.10 Å². The van der Waals surface area contributed by atoms with E-state index in [0.717, 1.165) is 37.5 Å². The van der Waals surface area contributed by atoms with E-state index in [-0.39, 0.29) is 0 Å². The second-order valence-corrected chi connectivity index (χ2v) is 7.82. The van der Waals surface area contributed by atoms with Gasteiger partial charge in [0.25, 0.3) is 0 Å². The first kappa shape index (κ1) is 14.4. The highest BCUT2D eigenvalue weighted by Crippen LogP contribution is 2.37. The molecule has 1 unspecified atom stereocenters. The molecule has 1 atom stereocenters. The molecule has 0 radical (unpaired) electrons. The third-order valence-corrected chi connectivity index (χ3v) is 5.90. The molecular weight excluding hydrogens is 360 g/mol. The summed E-state index contributed by atoms with van der Waals surface area (Å²) < 4.78 is 6.74. The molecule has 2 heterocycles. The Morgan fingerprint density at radius 2 is 2.25 bits per heavy atom. The number of aliphatic hydroxyl groups is 1. The Labute approximate surface area is 135 Å². The van der Waals surface area contributed by atoms with E-state index in [0.29, 0.717) is 18.1 Å². The van der Waals surface area contributed by atoms with Gasteiger partial charge in [0, 0.05) is 22.7 Å². The van der Waals surface area contributed by atoms with Gasteiger partial charge in [-0.1, -0.05) is 11.6 Å². The highest BCUT2D eigenvalue weighted by molar-refractivity contribution is 9.11. The van der Waals surface area contributed by atoms with Crippen LogP contribution in [0, 0.1) is 6.92 Å². The Morgan fingerprint density at radius 3 is 2.95 bits per heavy atom. The fraction of sp³-hybridized carbons (Fsp3) is 0.333. The number of rotatable bonds is 3. The Morgan fingerprint density at radius 1 is 1.45 bits per heavy atom. The molecule has 0 aliphatic carbocycles. The van der Waals surface area contributed by atoms with Crippen molar-refractivity contribution in [1.29, 1.82) is 0 Å². The van der Waals surface area contributed by atoms with Gasteiger partial charge in [0.15, 0.2) is 0 Å². The van der Waals surface area contributed by atoms with E-state index in [2.05, 4.69) is 15.9 Å². The Balaban J connectivity index is 1.88. The summed E-state index contributed by atoms with van der Waals surface area (Å²) in [4.78, 5) is 0.959. The molecule has 1 N–H and O–H groups in total. The van der Waals surface area contributed by atoms with Gasteiger partial charge < -0.3 is 9.84 Å². The van der Waals surface area contributed by atoms with Crippen LogP contribution in [0.1, 0.15) is 27.7 Å². The molecule has 3 rings (SSSR count). The lowest BCUT2D eigenvalue weighted by Crippen LogP contribution is -2.01. The number of aliphatic hydroxyl groups excluding tert-OH is 1. The summed E-state index contributed by atoms with van der Waals surface area (Å²) in [6.45, 7) is 2.72. The molecule has 0 bridgehead atoms. The largest absolute Gasteiger partial charge is 0.493 e. The summed E-state index contributed by atoms with van der Waals surface area (Å²) in [6, 6.07) is 5.86. The number of benzene rings is 1. The zero-order valence-electron chi connectivity index (χ0n) is 11.0. The van der Waals surface area contributed by atoms with Gasteiger partial charge in [-0.25, -0.2) is 0 Å². The van der Waals surface area contributed by atoms with Crippen LogP contribution in [-0.2, 0) is 12.8 Å². The molecule has 1 aromatic heterocycles. The molecular formula is C15H14BrClO2S. The van der Waals surface area contributed by atoms with Gasteiger partial charge in [-0.2, -0.15) is 0 Å². The number of thiophene rings is 1. The van der Waals surface area contributed by atoms with Crippen molar-refractivity contribution in [3.05, 3.63) is 48.6 Å². The molecule has 20 heavy (non-hydrogen) atoms. The number of fused-ring (bicyclic) bond motifs is 1. The molecule has 2 aromatic rings. The predicted molar refractivity (Wildman–Crippen MR) is 86.1 cm³/mol. The van der Waals surface area contributed by atoms with Gasteiger partial charge in [-0.05, 0) is 57.7 Å². The second kappa shape index (κ2) is 5.68. The zero-order valence-corrected chi connectivity index (χ0v) is 14.1. The Bertz CT molecular complexity index is 634. The van der Waals surface area contributed by atoms with Crippen LogP contribution in [0.25, 0.3) is 0 Å². The average Bonchev–Trinajstić information content (AvgIpc) is 2.97. The molecule has 0 saturated heterocycles. The first-order valence-corrected chi connectivity index (χ1v) is 8.41. The van der Waals surface area contributed by atoms with Crippen LogP contribution in [0.5, 0.6) is 5.75 Å². The molecule has 106 valence electrons. The maximum atomic E-state index is 10.4. The second-order valence-electron chi connectivity index (χ2n) is 4.98. The van der Waals surface area contributed by atoms with Gasteiger partial charge in [0.1, 0.15) is 5.75 Å². The van der Waals surface area contributed by atoms with Gasteiger partial charge in [0.2, 0.25) is 0 Å². The predicted octanol–water partition coefficient (Wildman–Crippen LogP) is 4.68. The van der Waals surface area contributed by atoms with Crippen LogP contribution in [-0.4, -0.2) is 11.7 Å². The topological polar surface area (TPSA) is 29.5 Å². The normalized spacial score (nSPS) is 15.0.